The zero-order chi connectivity index (χ0) is 18.4. The molecular formula is C21H32Cl2N2O2. The fourth-order valence-corrected chi connectivity index (χ4v) is 4.74. The van der Waals surface area contributed by atoms with Crippen LogP contribution in [0.1, 0.15) is 44.6 Å². The Kier molecular flexibility index (Phi) is 8.87. The quantitative estimate of drug-likeness (QED) is 0.740. The highest BCUT2D eigenvalue weighted by molar-refractivity contribution is 6.31. The maximum atomic E-state index is 12.6. The van der Waals surface area contributed by atoms with E-state index in [1.807, 2.05) is 18.2 Å². The van der Waals surface area contributed by atoms with Gasteiger partial charge in [0, 0.05) is 36.6 Å². The SMILES string of the molecule is CC(CC(=O)NCC1(c2ccccc2Cl)CCOCC1)C1CCNCC1.Cl. The predicted molar refractivity (Wildman–Crippen MR) is 113 cm³/mol. The van der Waals surface area contributed by atoms with Gasteiger partial charge in [-0.25, -0.2) is 0 Å². The number of ether oxygens (including phenoxy) is 1. The maximum Gasteiger partial charge on any atom is 0.220 e. The molecule has 6 heteroatoms. The Morgan fingerprint density at radius 1 is 1.30 bits per heavy atom. The molecule has 0 spiro atoms. The number of halogens is 2. The summed E-state index contributed by atoms with van der Waals surface area (Å²) in [6.45, 7) is 6.43. The van der Waals surface area contributed by atoms with Crippen LogP contribution in [0.15, 0.2) is 24.3 Å². The molecule has 1 aromatic carbocycles. The molecule has 1 atom stereocenters. The molecule has 2 N–H and O–H groups in total. The lowest BCUT2D eigenvalue weighted by Crippen LogP contribution is -2.45. The van der Waals surface area contributed by atoms with Gasteiger partial charge < -0.3 is 15.4 Å². The van der Waals surface area contributed by atoms with Crippen LogP contribution in [0, 0.1) is 11.8 Å². The zero-order valence-electron chi connectivity index (χ0n) is 16.1. The van der Waals surface area contributed by atoms with Crippen molar-refractivity contribution in [3.8, 4) is 0 Å². The van der Waals surface area contributed by atoms with E-state index in [2.05, 4.69) is 23.6 Å². The molecule has 2 fully saturated rings. The molecule has 1 aromatic rings. The standard InChI is InChI=1S/C21H31ClN2O2.ClH/c1-16(17-6-10-23-11-7-17)14-20(25)24-15-21(8-12-26-13-9-21)18-4-2-3-5-19(18)22;/h2-5,16-17,23H,6-15H2,1H3,(H,24,25);1H. The Morgan fingerprint density at radius 2 is 1.96 bits per heavy atom. The van der Waals surface area contributed by atoms with E-state index in [-0.39, 0.29) is 23.7 Å². The van der Waals surface area contributed by atoms with E-state index in [1.165, 1.54) is 12.8 Å². The lowest BCUT2D eigenvalue weighted by atomic mass is 9.74. The average molecular weight is 415 g/mol. The minimum Gasteiger partial charge on any atom is -0.381 e. The third-order valence-electron chi connectivity index (χ3n) is 6.21. The van der Waals surface area contributed by atoms with Gasteiger partial charge in [-0.15, -0.1) is 12.4 Å². The van der Waals surface area contributed by atoms with Gasteiger partial charge in [0.1, 0.15) is 0 Å². The summed E-state index contributed by atoms with van der Waals surface area (Å²) in [6, 6.07) is 8.02. The first kappa shape index (κ1) is 22.5. The third kappa shape index (κ3) is 5.83. The van der Waals surface area contributed by atoms with Gasteiger partial charge in [0.15, 0.2) is 0 Å². The number of piperidine rings is 1. The highest BCUT2D eigenvalue weighted by Gasteiger charge is 2.36. The number of hydrogen-bond acceptors (Lipinski definition) is 3. The Morgan fingerprint density at radius 3 is 2.63 bits per heavy atom. The summed E-state index contributed by atoms with van der Waals surface area (Å²) in [5.74, 6) is 1.25. The maximum absolute atomic E-state index is 12.6. The number of amides is 1. The van der Waals surface area contributed by atoms with Crippen molar-refractivity contribution in [2.24, 2.45) is 11.8 Å². The molecule has 27 heavy (non-hydrogen) atoms. The highest BCUT2D eigenvalue weighted by atomic mass is 35.5. The normalized spacial score (nSPS) is 21.1. The minimum absolute atomic E-state index is 0. The van der Waals surface area contributed by atoms with E-state index in [9.17, 15) is 4.79 Å². The molecule has 1 amide bonds. The molecule has 0 bridgehead atoms. The molecular weight excluding hydrogens is 383 g/mol. The average Bonchev–Trinajstić information content (AvgIpc) is 2.68. The smallest absolute Gasteiger partial charge is 0.220 e. The van der Waals surface area contributed by atoms with Gasteiger partial charge in [0.05, 0.1) is 0 Å². The molecule has 152 valence electrons. The van der Waals surface area contributed by atoms with Gasteiger partial charge in [-0.2, -0.15) is 0 Å². The van der Waals surface area contributed by atoms with Crippen molar-refractivity contribution in [1.82, 2.24) is 10.6 Å². The molecule has 0 radical (unpaired) electrons. The van der Waals surface area contributed by atoms with Crippen LogP contribution in [-0.2, 0) is 14.9 Å². The lowest BCUT2D eigenvalue weighted by molar-refractivity contribution is -0.122. The monoisotopic (exact) mass is 414 g/mol. The molecule has 0 aliphatic carbocycles. The van der Waals surface area contributed by atoms with Crippen molar-refractivity contribution in [2.75, 3.05) is 32.8 Å². The summed E-state index contributed by atoms with van der Waals surface area (Å²) in [6.07, 6.45) is 4.74. The van der Waals surface area contributed by atoms with Crippen molar-refractivity contribution in [1.29, 1.82) is 0 Å². The lowest BCUT2D eigenvalue weighted by Gasteiger charge is -2.38. The fourth-order valence-electron chi connectivity index (χ4n) is 4.41. The van der Waals surface area contributed by atoms with Gasteiger partial charge in [-0.1, -0.05) is 36.7 Å². The van der Waals surface area contributed by atoms with Gasteiger partial charge in [0.25, 0.3) is 0 Å². The van der Waals surface area contributed by atoms with E-state index in [4.69, 9.17) is 16.3 Å². The third-order valence-corrected chi connectivity index (χ3v) is 6.54. The summed E-state index contributed by atoms with van der Waals surface area (Å²) in [5.41, 5.74) is 1.02. The fraction of sp³-hybridized carbons (Fsp3) is 0.667. The van der Waals surface area contributed by atoms with Gasteiger partial charge >= 0.3 is 0 Å². The zero-order valence-corrected chi connectivity index (χ0v) is 17.7. The number of benzene rings is 1. The molecule has 2 aliphatic heterocycles. The van der Waals surface area contributed by atoms with E-state index < -0.39 is 0 Å². The van der Waals surface area contributed by atoms with Crippen LogP contribution < -0.4 is 10.6 Å². The summed E-state index contributed by atoms with van der Waals surface area (Å²) in [7, 11) is 0. The summed E-state index contributed by atoms with van der Waals surface area (Å²) in [4.78, 5) is 12.6. The van der Waals surface area contributed by atoms with Crippen LogP contribution in [0.5, 0.6) is 0 Å². The van der Waals surface area contributed by atoms with Gasteiger partial charge in [-0.05, 0) is 62.2 Å². The first-order valence-electron chi connectivity index (χ1n) is 9.91. The van der Waals surface area contributed by atoms with Gasteiger partial charge in [-0.3, -0.25) is 4.79 Å². The van der Waals surface area contributed by atoms with Crippen LogP contribution in [0.25, 0.3) is 0 Å². The van der Waals surface area contributed by atoms with Crippen molar-refractivity contribution in [3.63, 3.8) is 0 Å². The molecule has 1 unspecified atom stereocenters. The number of rotatable bonds is 6. The second-order valence-electron chi connectivity index (χ2n) is 7.92. The van der Waals surface area contributed by atoms with Crippen LogP contribution >= 0.6 is 24.0 Å². The predicted octanol–water partition coefficient (Wildman–Crippen LogP) is 3.95. The topological polar surface area (TPSA) is 50.4 Å². The number of nitrogens with one attached hydrogen (secondary N) is 2. The molecule has 2 heterocycles. The van der Waals surface area contributed by atoms with Crippen molar-refractivity contribution >= 4 is 29.9 Å². The second kappa shape index (κ2) is 10.7. The Hall–Kier alpha value is -0.810. The van der Waals surface area contributed by atoms with Crippen LogP contribution in [-0.4, -0.2) is 38.8 Å². The second-order valence-corrected chi connectivity index (χ2v) is 8.33. The molecule has 0 saturated carbocycles. The van der Waals surface area contributed by atoms with Crippen LogP contribution in [0.3, 0.4) is 0 Å². The highest BCUT2D eigenvalue weighted by Crippen LogP contribution is 2.38. The number of hydrogen-bond donors (Lipinski definition) is 2. The van der Waals surface area contributed by atoms with E-state index in [0.717, 1.165) is 36.5 Å². The molecule has 0 aromatic heterocycles. The molecule has 4 nitrogen and oxygen atoms in total. The minimum atomic E-state index is -0.121. The summed E-state index contributed by atoms with van der Waals surface area (Å²) >= 11 is 6.49. The molecule has 3 rings (SSSR count). The number of carbonyl (C=O) groups excluding carboxylic acids is 1. The van der Waals surface area contributed by atoms with Crippen LogP contribution in [0.4, 0.5) is 0 Å². The summed E-state index contributed by atoms with van der Waals surface area (Å²) < 4.78 is 5.58. The van der Waals surface area contributed by atoms with E-state index in [0.29, 0.717) is 38.0 Å². The van der Waals surface area contributed by atoms with Crippen molar-refractivity contribution < 1.29 is 9.53 Å². The molecule has 2 saturated heterocycles. The van der Waals surface area contributed by atoms with Crippen molar-refractivity contribution in [2.45, 2.75) is 44.4 Å². The Balaban J connectivity index is 0.00000261. The Labute approximate surface area is 174 Å². The van der Waals surface area contributed by atoms with Crippen molar-refractivity contribution in [3.05, 3.63) is 34.9 Å². The van der Waals surface area contributed by atoms with E-state index >= 15 is 0 Å². The first-order chi connectivity index (χ1) is 12.6. The largest absolute Gasteiger partial charge is 0.381 e. The first-order valence-corrected chi connectivity index (χ1v) is 10.3. The van der Waals surface area contributed by atoms with E-state index in [1.54, 1.807) is 0 Å². The Bertz CT molecular complexity index is 600. The van der Waals surface area contributed by atoms with Crippen LogP contribution in [0.2, 0.25) is 5.02 Å². The summed E-state index contributed by atoms with van der Waals surface area (Å²) in [5, 5.41) is 7.40. The number of carbonyl (C=O) groups is 1. The van der Waals surface area contributed by atoms with Gasteiger partial charge in [0.2, 0.25) is 5.91 Å². The molecule has 2 aliphatic rings.